The van der Waals surface area contributed by atoms with E-state index in [1.54, 1.807) is 12.3 Å². The standard InChI is InChI=1S/C17H19BrFN3OS/c18-14-4-3-13(15(19)8-14)10-24-11-16(23)22-7-1-2-12(9-22)17-20-5-6-21-17/h3-6,8,12H,1-2,7,9-11H2,(H,20,21). The number of rotatable bonds is 5. The lowest BCUT2D eigenvalue weighted by Gasteiger charge is -2.31. The van der Waals surface area contributed by atoms with Gasteiger partial charge in [0.05, 0.1) is 5.75 Å². The first-order valence-corrected chi connectivity index (χ1v) is 9.87. The molecule has 4 nitrogen and oxygen atoms in total. The molecule has 2 aromatic rings. The van der Waals surface area contributed by atoms with Gasteiger partial charge in [0, 0.05) is 41.6 Å². The van der Waals surface area contributed by atoms with Crippen LogP contribution in [0.5, 0.6) is 0 Å². The predicted octanol–water partition coefficient (Wildman–Crippen LogP) is 3.95. The first kappa shape index (κ1) is 17.5. The van der Waals surface area contributed by atoms with Crippen molar-refractivity contribution in [1.29, 1.82) is 0 Å². The lowest BCUT2D eigenvalue weighted by atomic mass is 9.97. The van der Waals surface area contributed by atoms with Crippen LogP contribution in [-0.2, 0) is 10.5 Å². The molecule has 0 spiro atoms. The zero-order chi connectivity index (χ0) is 16.9. The number of carbonyl (C=O) groups is 1. The zero-order valence-corrected chi connectivity index (χ0v) is 15.6. The molecule has 0 saturated carbocycles. The van der Waals surface area contributed by atoms with E-state index in [4.69, 9.17) is 0 Å². The molecule has 1 N–H and O–H groups in total. The Bertz CT molecular complexity index is 695. The zero-order valence-electron chi connectivity index (χ0n) is 13.2. The molecule has 1 aromatic heterocycles. The van der Waals surface area contributed by atoms with Crippen molar-refractivity contribution in [3.63, 3.8) is 0 Å². The van der Waals surface area contributed by atoms with Gasteiger partial charge in [0.15, 0.2) is 0 Å². The van der Waals surface area contributed by atoms with Crippen LogP contribution in [0.2, 0.25) is 0 Å². The highest BCUT2D eigenvalue weighted by molar-refractivity contribution is 9.10. The molecule has 3 rings (SSSR count). The second-order valence-electron chi connectivity index (χ2n) is 5.88. The van der Waals surface area contributed by atoms with Crippen molar-refractivity contribution in [2.75, 3.05) is 18.8 Å². The topological polar surface area (TPSA) is 49.0 Å². The number of imidazole rings is 1. The highest BCUT2D eigenvalue weighted by Gasteiger charge is 2.25. The average molecular weight is 412 g/mol. The van der Waals surface area contributed by atoms with E-state index in [0.717, 1.165) is 29.7 Å². The van der Waals surface area contributed by atoms with Crippen LogP contribution in [0, 0.1) is 5.82 Å². The molecular weight excluding hydrogens is 393 g/mol. The SMILES string of the molecule is O=C(CSCc1ccc(Br)cc1F)N1CCCC(c2ncc[nH]2)C1. The summed E-state index contributed by atoms with van der Waals surface area (Å²) in [4.78, 5) is 21.8. The number of aromatic nitrogens is 2. The van der Waals surface area contributed by atoms with Crippen molar-refractivity contribution in [2.45, 2.75) is 24.5 Å². The number of likely N-dealkylation sites (tertiary alicyclic amines) is 1. The van der Waals surface area contributed by atoms with E-state index in [0.29, 0.717) is 23.6 Å². The van der Waals surface area contributed by atoms with Crippen LogP contribution in [0.4, 0.5) is 4.39 Å². The molecule has 1 amide bonds. The number of hydrogen-bond donors (Lipinski definition) is 1. The lowest BCUT2D eigenvalue weighted by Crippen LogP contribution is -2.40. The van der Waals surface area contributed by atoms with Gasteiger partial charge >= 0.3 is 0 Å². The molecule has 24 heavy (non-hydrogen) atoms. The van der Waals surface area contributed by atoms with Crippen molar-refractivity contribution in [3.8, 4) is 0 Å². The molecule has 1 unspecified atom stereocenters. The Morgan fingerprint density at radius 1 is 1.50 bits per heavy atom. The van der Waals surface area contributed by atoms with E-state index in [-0.39, 0.29) is 17.6 Å². The molecule has 0 radical (unpaired) electrons. The summed E-state index contributed by atoms with van der Waals surface area (Å²) in [5.41, 5.74) is 0.628. The van der Waals surface area contributed by atoms with E-state index in [9.17, 15) is 9.18 Å². The van der Waals surface area contributed by atoms with Crippen molar-refractivity contribution < 1.29 is 9.18 Å². The monoisotopic (exact) mass is 411 g/mol. The van der Waals surface area contributed by atoms with Crippen LogP contribution in [-0.4, -0.2) is 39.6 Å². The number of halogens is 2. The van der Waals surface area contributed by atoms with Crippen LogP contribution < -0.4 is 0 Å². The van der Waals surface area contributed by atoms with Gasteiger partial charge in [0.2, 0.25) is 5.91 Å². The summed E-state index contributed by atoms with van der Waals surface area (Å²) in [6.07, 6.45) is 5.61. The average Bonchev–Trinajstić information content (AvgIpc) is 3.11. The van der Waals surface area contributed by atoms with Gasteiger partial charge in [-0.15, -0.1) is 11.8 Å². The minimum Gasteiger partial charge on any atom is -0.348 e. The quantitative estimate of drug-likeness (QED) is 0.809. The smallest absolute Gasteiger partial charge is 0.232 e. The van der Waals surface area contributed by atoms with Crippen molar-refractivity contribution >= 4 is 33.6 Å². The van der Waals surface area contributed by atoms with Crippen molar-refractivity contribution in [1.82, 2.24) is 14.9 Å². The van der Waals surface area contributed by atoms with Gasteiger partial charge < -0.3 is 9.88 Å². The molecule has 7 heteroatoms. The summed E-state index contributed by atoms with van der Waals surface area (Å²) < 4.78 is 14.5. The Balaban J connectivity index is 1.49. The fraction of sp³-hybridized carbons (Fsp3) is 0.412. The van der Waals surface area contributed by atoms with Gasteiger partial charge in [0.1, 0.15) is 11.6 Å². The number of benzene rings is 1. The van der Waals surface area contributed by atoms with Crippen LogP contribution in [0.1, 0.15) is 30.1 Å². The summed E-state index contributed by atoms with van der Waals surface area (Å²) in [6.45, 7) is 1.50. The first-order valence-electron chi connectivity index (χ1n) is 7.92. The molecule has 1 aromatic carbocycles. The number of nitrogens with one attached hydrogen (secondary N) is 1. The minimum absolute atomic E-state index is 0.119. The molecule has 128 valence electrons. The van der Waals surface area contributed by atoms with Gasteiger partial charge in [0.25, 0.3) is 0 Å². The molecule has 1 saturated heterocycles. The van der Waals surface area contributed by atoms with E-state index >= 15 is 0 Å². The number of amides is 1. The van der Waals surface area contributed by atoms with Gasteiger partial charge in [-0.1, -0.05) is 22.0 Å². The summed E-state index contributed by atoms with van der Waals surface area (Å²) in [5, 5.41) is 0. The largest absolute Gasteiger partial charge is 0.348 e. The summed E-state index contributed by atoms with van der Waals surface area (Å²) in [7, 11) is 0. The fourth-order valence-electron chi connectivity index (χ4n) is 2.91. The van der Waals surface area contributed by atoms with Gasteiger partial charge in [-0.3, -0.25) is 4.79 Å². The van der Waals surface area contributed by atoms with Crippen LogP contribution in [0.3, 0.4) is 0 Å². The van der Waals surface area contributed by atoms with Crippen LogP contribution >= 0.6 is 27.7 Å². The van der Waals surface area contributed by atoms with E-state index in [2.05, 4.69) is 25.9 Å². The molecular formula is C17H19BrFN3OS. The highest BCUT2D eigenvalue weighted by Crippen LogP contribution is 2.25. The molecule has 2 heterocycles. The molecule has 1 aliphatic rings. The highest BCUT2D eigenvalue weighted by atomic mass is 79.9. The third-order valence-corrected chi connectivity index (χ3v) is 5.64. The predicted molar refractivity (Wildman–Crippen MR) is 97.4 cm³/mol. The van der Waals surface area contributed by atoms with E-state index in [1.807, 2.05) is 17.2 Å². The van der Waals surface area contributed by atoms with Gasteiger partial charge in [-0.25, -0.2) is 9.37 Å². The molecule has 1 fully saturated rings. The molecule has 1 atom stereocenters. The number of nitrogens with zero attached hydrogens (tertiary/aromatic N) is 2. The number of aromatic amines is 1. The lowest BCUT2D eigenvalue weighted by molar-refractivity contribution is -0.129. The molecule has 0 bridgehead atoms. The van der Waals surface area contributed by atoms with Crippen LogP contribution in [0.15, 0.2) is 35.1 Å². The maximum atomic E-state index is 13.8. The Morgan fingerprint density at radius 2 is 2.38 bits per heavy atom. The normalized spacial score (nSPS) is 17.9. The Morgan fingerprint density at radius 3 is 3.12 bits per heavy atom. The van der Waals surface area contributed by atoms with Gasteiger partial charge in [-0.05, 0) is 30.5 Å². The Labute approximate surface area is 153 Å². The Kier molecular flexibility index (Phi) is 5.94. The van der Waals surface area contributed by atoms with E-state index < -0.39 is 0 Å². The molecule has 0 aliphatic carbocycles. The minimum atomic E-state index is -0.236. The first-order chi connectivity index (χ1) is 11.6. The number of H-pyrrole nitrogens is 1. The second kappa shape index (κ2) is 8.16. The van der Waals surface area contributed by atoms with Crippen molar-refractivity contribution in [3.05, 3.63) is 52.3 Å². The number of carbonyl (C=O) groups excluding carboxylic acids is 1. The maximum Gasteiger partial charge on any atom is 0.232 e. The maximum absolute atomic E-state index is 13.8. The van der Waals surface area contributed by atoms with Crippen molar-refractivity contribution in [2.24, 2.45) is 0 Å². The Hall–Kier alpha value is -1.34. The molecule has 1 aliphatic heterocycles. The number of piperidine rings is 1. The third kappa shape index (κ3) is 4.39. The summed E-state index contributed by atoms with van der Waals surface area (Å²) in [6, 6.07) is 5.03. The summed E-state index contributed by atoms with van der Waals surface area (Å²) >= 11 is 4.70. The van der Waals surface area contributed by atoms with Crippen LogP contribution in [0.25, 0.3) is 0 Å². The number of hydrogen-bond acceptors (Lipinski definition) is 3. The fourth-order valence-corrected chi connectivity index (χ4v) is 4.15. The third-order valence-electron chi connectivity index (χ3n) is 4.18. The van der Waals surface area contributed by atoms with Gasteiger partial charge in [-0.2, -0.15) is 0 Å². The number of thioether (sulfide) groups is 1. The second-order valence-corrected chi connectivity index (χ2v) is 7.78. The van der Waals surface area contributed by atoms with E-state index in [1.165, 1.54) is 17.8 Å². The summed E-state index contributed by atoms with van der Waals surface area (Å²) in [5.74, 6) is 2.00.